The number of rotatable bonds is 5. The molecular weight excluding hydrogens is 326 g/mol. The molecule has 3 N–H and O–H groups in total. The molecule has 9 nitrogen and oxygen atoms in total. The van der Waals surface area contributed by atoms with Crippen LogP contribution in [0.2, 0.25) is 0 Å². The molecule has 1 aliphatic carbocycles. The summed E-state index contributed by atoms with van der Waals surface area (Å²) in [7, 11) is 0. The average Bonchev–Trinajstić information content (AvgIpc) is 2.92. The molecule has 1 fully saturated rings. The molecule has 0 bridgehead atoms. The number of anilines is 1. The van der Waals surface area contributed by atoms with Crippen LogP contribution in [0.5, 0.6) is 5.75 Å². The molecule has 1 aromatic carbocycles. The maximum atomic E-state index is 12.4. The summed E-state index contributed by atoms with van der Waals surface area (Å²) < 4.78 is 0. The summed E-state index contributed by atoms with van der Waals surface area (Å²) >= 11 is 0. The Hall–Kier alpha value is -2.97. The molecule has 0 unspecified atom stereocenters. The second-order valence-electron chi connectivity index (χ2n) is 6.64. The molecule has 25 heavy (non-hydrogen) atoms. The largest absolute Gasteiger partial charge is 0.506 e. The number of carbonyl (C=O) groups is 2. The van der Waals surface area contributed by atoms with Gasteiger partial charge in [-0.05, 0) is 35.8 Å². The Bertz CT molecular complexity index is 845. The van der Waals surface area contributed by atoms with E-state index in [-0.39, 0.29) is 11.4 Å². The molecule has 0 radical (unpaired) electrons. The molecule has 0 aliphatic heterocycles. The number of phenolic OH excluding ortho intramolecular Hbond substituents is 1. The highest BCUT2D eigenvalue weighted by Crippen LogP contribution is 2.58. The molecule has 9 heteroatoms. The lowest BCUT2D eigenvalue weighted by molar-refractivity contribution is -0.140. The lowest BCUT2D eigenvalue weighted by atomic mass is 10.1. The number of aryl methyl sites for hydroxylation is 1. The first-order valence-corrected chi connectivity index (χ1v) is 7.90. The summed E-state index contributed by atoms with van der Waals surface area (Å²) in [6.45, 7) is 5.92. The number of nitrogens with zero attached hydrogens (tertiary/aromatic N) is 4. The molecule has 1 aliphatic rings. The fraction of sp³-hybridized carbons (Fsp3) is 0.438. The van der Waals surface area contributed by atoms with E-state index in [4.69, 9.17) is 0 Å². The van der Waals surface area contributed by atoms with Gasteiger partial charge in [0.2, 0.25) is 11.7 Å². The molecule has 3 rings (SSSR count). The van der Waals surface area contributed by atoms with Gasteiger partial charge in [-0.3, -0.25) is 9.59 Å². The topological polar surface area (TPSA) is 130 Å². The van der Waals surface area contributed by atoms with Gasteiger partial charge in [0.05, 0.1) is 24.1 Å². The van der Waals surface area contributed by atoms with E-state index in [2.05, 4.69) is 20.7 Å². The van der Waals surface area contributed by atoms with Crippen LogP contribution in [0.25, 0.3) is 11.4 Å². The summed E-state index contributed by atoms with van der Waals surface area (Å²) in [6.07, 6.45) is 0. The van der Waals surface area contributed by atoms with Crippen LogP contribution in [0, 0.1) is 17.3 Å². The highest BCUT2D eigenvalue weighted by atomic mass is 16.4. The third-order valence-corrected chi connectivity index (χ3v) is 4.62. The molecule has 2 atom stereocenters. The first-order chi connectivity index (χ1) is 11.8. The van der Waals surface area contributed by atoms with Crippen LogP contribution in [0.15, 0.2) is 18.2 Å². The third-order valence-electron chi connectivity index (χ3n) is 4.62. The summed E-state index contributed by atoms with van der Waals surface area (Å²) in [6, 6.07) is 4.57. The van der Waals surface area contributed by atoms with Gasteiger partial charge in [-0.2, -0.15) is 4.80 Å². The number of hydrogen-bond donors (Lipinski definition) is 3. The van der Waals surface area contributed by atoms with E-state index < -0.39 is 29.1 Å². The predicted molar refractivity (Wildman–Crippen MR) is 87.6 cm³/mol. The van der Waals surface area contributed by atoms with Crippen molar-refractivity contribution in [2.24, 2.45) is 17.3 Å². The standard InChI is InChI=1S/C16H19N5O4/c1-4-21-19-13(18-20-21)8-5-6-10(22)9(7-8)17-14(23)11-12(15(24)25)16(11,2)3/h5-7,11-12,22H,4H2,1-3H3,(H,17,23)(H,24,25)/t11-,12-/m1/s1. The summed E-state index contributed by atoms with van der Waals surface area (Å²) in [4.78, 5) is 25.1. The van der Waals surface area contributed by atoms with E-state index in [0.29, 0.717) is 17.9 Å². The lowest BCUT2D eigenvalue weighted by Crippen LogP contribution is -2.17. The number of amides is 1. The fourth-order valence-electron chi connectivity index (χ4n) is 3.07. The first-order valence-electron chi connectivity index (χ1n) is 7.90. The molecule has 132 valence electrons. The van der Waals surface area contributed by atoms with Gasteiger partial charge in [-0.15, -0.1) is 10.2 Å². The van der Waals surface area contributed by atoms with Gasteiger partial charge >= 0.3 is 5.97 Å². The Morgan fingerprint density at radius 1 is 1.32 bits per heavy atom. The number of aromatic nitrogens is 4. The van der Waals surface area contributed by atoms with Crippen LogP contribution >= 0.6 is 0 Å². The zero-order chi connectivity index (χ0) is 18.4. The van der Waals surface area contributed by atoms with Gasteiger partial charge in [0.1, 0.15) is 5.75 Å². The van der Waals surface area contributed by atoms with Crippen molar-refractivity contribution in [2.75, 3.05) is 5.32 Å². The molecule has 1 saturated carbocycles. The van der Waals surface area contributed by atoms with Crippen molar-refractivity contribution in [1.82, 2.24) is 20.2 Å². The van der Waals surface area contributed by atoms with Crippen molar-refractivity contribution in [3.05, 3.63) is 18.2 Å². The quantitative estimate of drug-likeness (QED) is 0.697. The van der Waals surface area contributed by atoms with Crippen LogP contribution in [0.4, 0.5) is 5.69 Å². The van der Waals surface area contributed by atoms with E-state index in [1.165, 1.54) is 16.9 Å². The number of hydrogen-bond acceptors (Lipinski definition) is 6. The van der Waals surface area contributed by atoms with E-state index in [1.54, 1.807) is 19.9 Å². The Labute approximate surface area is 143 Å². The van der Waals surface area contributed by atoms with Crippen molar-refractivity contribution in [1.29, 1.82) is 0 Å². The number of carbonyl (C=O) groups excluding carboxylic acids is 1. The minimum Gasteiger partial charge on any atom is -0.506 e. The molecule has 1 amide bonds. The van der Waals surface area contributed by atoms with Crippen molar-refractivity contribution in [3.63, 3.8) is 0 Å². The van der Waals surface area contributed by atoms with Crippen LogP contribution in [-0.4, -0.2) is 42.3 Å². The van der Waals surface area contributed by atoms with Crippen LogP contribution < -0.4 is 5.32 Å². The Kier molecular flexibility index (Phi) is 3.94. The minimum absolute atomic E-state index is 0.120. The van der Waals surface area contributed by atoms with Gasteiger partial charge < -0.3 is 15.5 Å². The number of benzene rings is 1. The lowest BCUT2D eigenvalue weighted by Gasteiger charge is -2.09. The highest BCUT2D eigenvalue weighted by Gasteiger charge is 2.65. The minimum atomic E-state index is -0.997. The second-order valence-corrected chi connectivity index (χ2v) is 6.64. The van der Waals surface area contributed by atoms with Gasteiger partial charge in [-0.1, -0.05) is 13.8 Å². The monoisotopic (exact) mass is 345 g/mol. The third kappa shape index (κ3) is 2.92. The number of nitrogens with one attached hydrogen (secondary N) is 1. The predicted octanol–water partition coefficient (Wildman–Crippen LogP) is 1.36. The molecule has 0 saturated heterocycles. The summed E-state index contributed by atoms with van der Waals surface area (Å²) in [5.41, 5.74) is 0.147. The summed E-state index contributed by atoms with van der Waals surface area (Å²) in [5.74, 6) is -2.56. The Balaban J connectivity index is 1.82. The zero-order valence-corrected chi connectivity index (χ0v) is 14.1. The smallest absolute Gasteiger partial charge is 0.307 e. The van der Waals surface area contributed by atoms with Crippen LogP contribution in [0.3, 0.4) is 0 Å². The maximum absolute atomic E-state index is 12.4. The molecule has 0 spiro atoms. The van der Waals surface area contributed by atoms with Crippen molar-refractivity contribution in [3.8, 4) is 17.1 Å². The van der Waals surface area contributed by atoms with Crippen molar-refractivity contribution < 1.29 is 19.8 Å². The number of carboxylic acid groups (broad SMARTS) is 1. The van der Waals surface area contributed by atoms with Crippen molar-refractivity contribution in [2.45, 2.75) is 27.3 Å². The molecular formula is C16H19N5O4. The van der Waals surface area contributed by atoms with Crippen LogP contribution in [0.1, 0.15) is 20.8 Å². The van der Waals surface area contributed by atoms with Crippen LogP contribution in [-0.2, 0) is 16.1 Å². The van der Waals surface area contributed by atoms with Gasteiger partial charge in [0.25, 0.3) is 0 Å². The number of phenols is 1. The maximum Gasteiger partial charge on any atom is 0.307 e. The Morgan fingerprint density at radius 3 is 2.60 bits per heavy atom. The number of aromatic hydroxyl groups is 1. The first kappa shape index (κ1) is 16.9. The van der Waals surface area contributed by atoms with E-state index in [1.807, 2.05) is 6.92 Å². The Morgan fingerprint density at radius 2 is 2.04 bits per heavy atom. The number of carboxylic acids is 1. The van der Waals surface area contributed by atoms with E-state index >= 15 is 0 Å². The molecule has 2 aromatic rings. The summed E-state index contributed by atoms with van der Waals surface area (Å²) in [5, 5.41) is 33.8. The zero-order valence-electron chi connectivity index (χ0n) is 14.1. The van der Waals surface area contributed by atoms with Crippen molar-refractivity contribution >= 4 is 17.6 Å². The average molecular weight is 345 g/mol. The molecule has 1 aromatic heterocycles. The molecule has 1 heterocycles. The highest BCUT2D eigenvalue weighted by molar-refractivity contribution is 6.00. The fourth-order valence-corrected chi connectivity index (χ4v) is 3.07. The van der Waals surface area contributed by atoms with Gasteiger partial charge in [0.15, 0.2) is 0 Å². The SMILES string of the molecule is CCn1nnc(-c2ccc(O)c(NC(=O)[C@H]3[C@H](C(=O)O)C3(C)C)c2)n1. The number of aliphatic carboxylic acids is 1. The number of tetrazole rings is 1. The normalized spacial score (nSPS) is 20.9. The second kappa shape index (κ2) is 5.83. The van der Waals surface area contributed by atoms with E-state index in [9.17, 15) is 19.8 Å². The van der Waals surface area contributed by atoms with Gasteiger partial charge in [-0.25, -0.2) is 0 Å². The van der Waals surface area contributed by atoms with Gasteiger partial charge in [0, 0.05) is 5.56 Å². The van der Waals surface area contributed by atoms with E-state index in [0.717, 1.165) is 0 Å².